The maximum Gasteiger partial charge on any atom is 0.0711 e. The SMILES string of the molecule is N/C=C\C=C/Cc1cc(-c2cccc(-n3c4ccccc4c4cnccc43)c2)cc(-c2ccc3ccccc3c2)n1. The Labute approximate surface area is 238 Å². The Morgan fingerprint density at radius 1 is 0.659 bits per heavy atom. The van der Waals surface area contributed by atoms with Crippen molar-refractivity contribution in [2.75, 3.05) is 0 Å². The molecule has 7 aromatic rings. The number of allylic oxidation sites excluding steroid dienone is 3. The fourth-order valence-corrected chi connectivity index (χ4v) is 5.61. The molecule has 4 nitrogen and oxygen atoms in total. The van der Waals surface area contributed by atoms with Crippen molar-refractivity contribution in [2.45, 2.75) is 6.42 Å². The van der Waals surface area contributed by atoms with E-state index in [9.17, 15) is 0 Å². The summed E-state index contributed by atoms with van der Waals surface area (Å²) in [5.74, 6) is 0. The number of aromatic nitrogens is 3. The van der Waals surface area contributed by atoms with Crippen LogP contribution in [0, 0.1) is 0 Å². The van der Waals surface area contributed by atoms with Gasteiger partial charge < -0.3 is 10.3 Å². The summed E-state index contributed by atoms with van der Waals surface area (Å²) in [6.45, 7) is 0. The third-order valence-corrected chi connectivity index (χ3v) is 7.52. The maximum absolute atomic E-state index is 5.52. The summed E-state index contributed by atoms with van der Waals surface area (Å²) in [4.78, 5) is 9.47. The first-order valence-corrected chi connectivity index (χ1v) is 13.8. The molecule has 2 N–H and O–H groups in total. The number of benzene rings is 4. The molecule has 0 bridgehead atoms. The quantitative estimate of drug-likeness (QED) is 0.220. The van der Waals surface area contributed by atoms with Gasteiger partial charge in [0.25, 0.3) is 0 Å². The highest BCUT2D eigenvalue weighted by Crippen LogP contribution is 2.34. The minimum absolute atomic E-state index is 0.707. The van der Waals surface area contributed by atoms with Crippen LogP contribution in [0.5, 0.6) is 0 Å². The second kappa shape index (κ2) is 10.6. The molecule has 0 aliphatic heterocycles. The molecule has 3 aromatic heterocycles. The minimum Gasteiger partial charge on any atom is -0.405 e. The van der Waals surface area contributed by atoms with Gasteiger partial charge >= 0.3 is 0 Å². The van der Waals surface area contributed by atoms with Gasteiger partial charge in [-0.3, -0.25) is 9.97 Å². The lowest BCUT2D eigenvalue weighted by molar-refractivity contribution is 1.11. The number of fused-ring (bicyclic) bond motifs is 4. The molecule has 0 amide bonds. The van der Waals surface area contributed by atoms with Crippen molar-refractivity contribution in [1.82, 2.24) is 14.5 Å². The van der Waals surface area contributed by atoms with E-state index in [1.807, 2.05) is 24.5 Å². The first-order valence-electron chi connectivity index (χ1n) is 13.8. The van der Waals surface area contributed by atoms with E-state index in [-0.39, 0.29) is 0 Å². The van der Waals surface area contributed by atoms with Crippen molar-refractivity contribution < 1.29 is 0 Å². The maximum atomic E-state index is 5.52. The van der Waals surface area contributed by atoms with Crippen LogP contribution in [0.2, 0.25) is 0 Å². The number of hydrogen-bond acceptors (Lipinski definition) is 3. The molecule has 0 aliphatic rings. The van der Waals surface area contributed by atoms with Crippen molar-refractivity contribution in [3.05, 3.63) is 152 Å². The van der Waals surface area contributed by atoms with E-state index in [0.717, 1.165) is 50.2 Å². The van der Waals surface area contributed by atoms with Crippen LogP contribution >= 0.6 is 0 Å². The molecule has 3 heterocycles. The van der Waals surface area contributed by atoms with Crippen LogP contribution in [0.25, 0.3) is 60.6 Å². The largest absolute Gasteiger partial charge is 0.405 e. The molecule has 0 saturated heterocycles. The standard InChI is InChI=1S/C37H28N4/c38-19-7-1-2-12-31-22-30(24-35(40-31)29-17-16-26-9-3-4-10-27(26)21-29)28-11-8-13-32(23-28)41-36-15-6-5-14-33(36)34-25-39-20-18-37(34)41/h1-11,13-25H,12,38H2/b2-1-,19-7-. The van der Waals surface area contributed by atoms with Gasteiger partial charge in [0, 0.05) is 46.5 Å². The van der Waals surface area contributed by atoms with Gasteiger partial charge in [-0.05, 0) is 76.6 Å². The molecular formula is C37H28N4. The third kappa shape index (κ3) is 4.66. The Hall–Kier alpha value is -5.48. The minimum atomic E-state index is 0.707. The molecule has 7 rings (SSSR count). The monoisotopic (exact) mass is 528 g/mol. The van der Waals surface area contributed by atoms with Crippen LogP contribution in [0.3, 0.4) is 0 Å². The van der Waals surface area contributed by atoms with Crippen LogP contribution in [-0.4, -0.2) is 14.5 Å². The molecule has 0 aliphatic carbocycles. The van der Waals surface area contributed by atoms with Gasteiger partial charge in [-0.2, -0.15) is 0 Å². The number of para-hydroxylation sites is 1. The lowest BCUT2D eigenvalue weighted by atomic mass is 9.99. The predicted octanol–water partition coefficient (Wildman–Crippen LogP) is 8.63. The zero-order chi connectivity index (χ0) is 27.6. The van der Waals surface area contributed by atoms with E-state index in [1.54, 1.807) is 0 Å². The molecule has 196 valence electrons. The normalized spacial score (nSPS) is 11.9. The van der Waals surface area contributed by atoms with Gasteiger partial charge in [0.15, 0.2) is 0 Å². The lowest BCUT2D eigenvalue weighted by Gasteiger charge is -2.13. The highest BCUT2D eigenvalue weighted by Gasteiger charge is 2.13. The van der Waals surface area contributed by atoms with Gasteiger partial charge in [-0.15, -0.1) is 0 Å². The zero-order valence-electron chi connectivity index (χ0n) is 22.5. The Kier molecular flexibility index (Phi) is 6.34. The number of nitrogens with zero attached hydrogens (tertiary/aromatic N) is 3. The molecule has 0 fully saturated rings. The summed E-state index contributed by atoms with van der Waals surface area (Å²) in [5, 5.41) is 4.77. The second-order valence-corrected chi connectivity index (χ2v) is 10.1. The Balaban J connectivity index is 1.38. The molecule has 0 saturated carbocycles. The fourth-order valence-electron chi connectivity index (χ4n) is 5.61. The topological polar surface area (TPSA) is 56.7 Å². The second-order valence-electron chi connectivity index (χ2n) is 10.1. The summed E-state index contributed by atoms with van der Waals surface area (Å²) in [6, 6.07) is 38.7. The summed E-state index contributed by atoms with van der Waals surface area (Å²) < 4.78 is 2.32. The van der Waals surface area contributed by atoms with Crippen LogP contribution in [0.15, 0.2) is 146 Å². The van der Waals surface area contributed by atoms with Crippen molar-refractivity contribution in [3.63, 3.8) is 0 Å². The molecule has 0 radical (unpaired) electrons. The van der Waals surface area contributed by atoms with Crippen molar-refractivity contribution in [2.24, 2.45) is 5.73 Å². The Bertz CT molecular complexity index is 2050. The van der Waals surface area contributed by atoms with Crippen molar-refractivity contribution in [1.29, 1.82) is 0 Å². The predicted molar refractivity (Wildman–Crippen MR) is 171 cm³/mol. The van der Waals surface area contributed by atoms with E-state index >= 15 is 0 Å². The number of rotatable bonds is 6. The van der Waals surface area contributed by atoms with Gasteiger partial charge in [0.1, 0.15) is 0 Å². The molecule has 0 atom stereocenters. The van der Waals surface area contributed by atoms with E-state index in [0.29, 0.717) is 6.42 Å². The first kappa shape index (κ1) is 24.6. The number of hydrogen-bond donors (Lipinski definition) is 1. The van der Waals surface area contributed by atoms with Gasteiger partial charge in [-0.25, -0.2) is 0 Å². The molecule has 4 heteroatoms. The molecular weight excluding hydrogens is 500 g/mol. The Morgan fingerprint density at radius 2 is 1.51 bits per heavy atom. The fraction of sp³-hybridized carbons (Fsp3) is 0.0270. The summed E-state index contributed by atoms with van der Waals surface area (Å²) in [7, 11) is 0. The molecule has 4 aromatic carbocycles. The van der Waals surface area contributed by atoms with Crippen LogP contribution in [0.4, 0.5) is 0 Å². The Morgan fingerprint density at radius 3 is 2.44 bits per heavy atom. The van der Waals surface area contributed by atoms with Crippen LogP contribution in [-0.2, 0) is 6.42 Å². The third-order valence-electron chi connectivity index (χ3n) is 7.52. The number of pyridine rings is 2. The van der Waals surface area contributed by atoms with E-state index in [2.05, 4.69) is 125 Å². The number of nitrogens with two attached hydrogens (primary N) is 1. The average molecular weight is 529 g/mol. The summed E-state index contributed by atoms with van der Waals surface area (Å²) in [6.07, 6.45) is 11.9. The van der Waals surface area contributed by atoms with Crippen molar-refractivity contribution in [3.8, 4) is 28.1 Å². The zero-order valence-corrected chi connectivity index (χ0v) is 22.5. The first-order chi connectivity index (χ1) is 20.3. The molecule has 0 unspecified atom stereocenters. The molecule has 41 heavy (non-hydrogen) atoms. The smallest absolute Gasteiger partial charge is 0.0711 e. The highest BCUT2D eigenvalue weighted by molar-refractivity contribution is 6.08. The van der Waals surface area contributed by atoms with E-state index < -0.39 is 0 Å². The van der Waals surface area contributed by atoms with E-state index in [4.69, 9.17) is 10.7 Å². The van der Waals surface area contributed by atoms with Crippen LogP contribution in [0.1, 0.15) is 5.69 Å². The summed E-state index contributed by atoms with van der Waals surface area (Å²) >= 11 is 0. The summed E-state index contributed by atoms with van der Waals surface area (Å²) in [5.41, 5.74) is 14.3. The van der Waals surface area contributed by atoms with Gasteiger partial charge in [0.05, 0.1) is 16.7 Å². The lowest BCUT2D eigenvalue weighted by Crippen LogP contribution is -1.96. The van der Waals surface area contributed by atoms with E-state index in [1.165, 1.54) is 22.4 Å². The van der Waals surface area contributed by atoms with Gasteiger partial charge in [-0.1, -0.05) is 78.9 Å². The van der Waals surface area contributed by atoms with Crippen LogP contribution < -0.4 is 5.73 Å². The highest BCUT2D eigenvalue weighted by atomic mass is 15.0. The van der Waals surface area contributed by atoms with Gasteiger partial charge in [0.2, 0.25) is 0 Å². The average Bonchev–Trinajstić information content (AvgIpc) is 3.37. The molecule has 0 spiro atoms. The van der Waals surface area contributed by atoms with Crippen molar-refractivity contribution >= 4 is 32.6 Å².